The fraction of sp³-hybridized carbons (Fsp3) is 0.400. The molecular weight excluding hydrogens is 445 g/mol. The predicted octanol–water partition coefficient (Wildman–Crippen LogP) is 2.68. The van der Waals surface area contributed by atoms with Gasteiger partial charge in [-0.25, -0.2) is 9.67 Å². The standard InChI is InChI=1S/C20H19F3N6O4/c1-12(13-6-7-13)27(10-20(21,22)23)17(30)9-26-11-24-18-14(19(26)31)8-25-28(18)15-4-2-3-5-16(15)29(32)33/h2-5,8,11-13H,6-7,9-10H2,1H3/t12-/m0/s1. The highest BCUT2D eigenvalue weighted by molar-refractivity contribution is 5.78. The van der Waals surface area contributed by atoms with Gasteiger partial charge in [0.15, 0.2) is 5.65 Å². The Balaban J connectivity index is 1.66. The number of halogens is 3. The van der Waals surface area contributed by atoms with Crippen molar-refractivity contribution in [1.82, 2.24) is 24.2 Å². The molecule has 0 spiro atoms. The van der Waals surface area contributed by atoms with Gasteiger partial charge in [-0.05, 0) is 31.7 Å². The topological polar surface area (TPSA) is 116 Å². The molecule has 174 valence electrons. The van der Waals surface area contributed by atoms with E-state index < -0.39 is 41.7 Å². The lowest BCUT2D eigenvalue weighted by molar-refractivity contribution is -0.384. The molecule has 0 unspecified atom stereocenters. The Hall–Kier alpha value is -3.77. The number of nitro benzene ring substituents is 1. The summed E-state index contributed by atoms with van der Waals surface area (Å²) in [5, 5.41) is 15.3. The zero-order chi connectivity index (χ0) is 23.9. The summed E-state index contributed by atoms with van der Waals surface area (Å²) in [6, 6.07) is 5.16. The molecule has 1 atom stereocenters. The summed E-state index contributed by atoms with van der Waals surface area (Å²) in [7, 11) is 0. The van der Waals surface area contributed by atoms with Crippen LogP contribution in [0.2, 0.25) is 0 Å². The van der Waals surface area contributed by atoms with Crippen molar-refractivity contribution in [2.24, 2.45) is 5.92 Å². The molecule has 0 N–H and O–H groups in total. The van der Waals surface area contributed by atoms with Crippen molar-refractivity contribution in [2.45, 2.75) is 38.5 Å². The molecule has 0 saturated heterocycles. The first kappa shape index (κ1) is 22.4. The maximum Gasteiger partial charge on any atom is 0.406 e. The van der Waals surface area contributed by atoms with E-state index in [-0.39, 0.29) is 28.3 Å². The van der Waals surface area contributed by atoms with Gasteiger partial charge in [-0.15, -0.1) is 0 Å². The van der Waals surface area contributed by atoms with E-state index in [1.807, 2.05) is 0 Å². The van der Waals surface area contributed by atoms with Crippen LogP contribution in [-0.2, 0) is 11.3 Å². The number of carbonyl (C=O) groups is 1. The van der Waals surface area contributed by atoms with Crippen LogP contribution in [0.4, 0.5) is 18.9 Å². The van der Waals surface area contributed by atoms with Crippen LogP contribution in [0, 0.1) is 16.0 Å². The highest BCUT2D eigenvalue weighted by atomic mass is 19.4. The van der Waals surface area contributed by atoms with Crippen LogP contribution in [-0.4, -0.2) is 53.8 Å². The maximum absolute atomic E-state index is 13.1. The number of hydrogen-bond donors (Lipinski definition) is 0. The number of hydrogen-bond acceptors (Lipinski definition) is 6. The molecule has 13 heteroatoms. The summed E-state index contributed by atoms with van der Waals surface area (Å²) < 4.78 is 41.2. The fourth-order valence-corrected chi connectivity index (χ4v) is 3.76. The van der Waals surface area contributed by atoms with E-state index in [0.29, 0.717) is 0 Å². The first-order valence-electron chi connectivity index (χ1n) is 10.1. The average Bonchev–Trinajstić information content (AvgIpc) is 3.52. The van der Waals surface area contributed by atoms with Gasteiger partial charge in [0.1, 0.15) is 30.5 Å². The Kier molecular flexibility index (Phi) is 5.64. The Morgan fingerprint density at radius 3 is 2.67 bits per heavy atom. The van der Waals surface area contributed by atoms with Gasteiger partial charge in [0.05, 0.1) is 11.1 Å². The van der Waals surface area contributed by atoms with E-state index in [4.69, 9.17) is 0 Å². The quantitative estimate of drug-likeness (QED) is 0.392. The number of carbonyl (C=O) groups excluding carboxylic acids is 1. The molecule has 10 nitrogen and oxygen atoms in total. The molecule has 0 radical (unpaired) electrons. The third-order valence-electron chi connectivity index (χ3n) is 5.63. The maximum atomic E-state index is 13.1. The van der Waals surface area contributed by atoms with E-state index in [0.717, 1.165) is 39.5 Å². The number of amides is 1. The van der Waals surface area contributed by atoms with Crippen molar-refractivity contribution in [1.29, 1.82) is 0 Å². The number of rotatable bonds is 7. The van der Waals surface area contributed by atoms with Crippen LogP contribution < -0.4 is 5.56 Å². The van der Waals surface area contributed by atoms with Crippen molar-refractivity contribution in [3.05, 3.63) is 57.3 Å². The SMILES string of the molecule is C[C@@H](C1CC1)N(CC(F)(F)F)C(=O)Cn1cnc2c(cnn2-c2ccccc2[N+](=O)[O-])c1=O. The number of fused-ring (bicyclic) bond motifs is 1. The molecular formula is C20H19F3N6O4. The average molecular weight is 464 g/mol. The number of benzene rings is 1. The van der Waals surface area contributed by atoms with Gasteiger partial charge in [0.25, 0.3) is 11.2 Å². The van der Waals surface area contributed by atoms with Crippen molar-refractivity contribution >= 4 is 22.6 Å². The van der Waals surface area contributed by atoms with Gasteiger partial charge in [-0.3, -0.25) is 24.3 Å². The highest BCUT2D eigenvalue weighted by Crippen LogP contribution is 2.36. The molecule has 1 aliphatic rings. The van der Waals surface area contributed by atoms with Gasteiger partial charge in [0, 0.05) is 12.1 Å². The van der Waals surface area contributed by atoms with E-state index in [2.05, 4.69) is 10.1 Å². The van der Waals surface area contributed by atoms with Crippen LogP contribution in [0.1, 0.15) is 19.8 Å². The molecule has 1 saturated carbocycles. The van der Waals surface area contributed by atoms with Gasteiger partial charge in [-0.2, -0.15) is 18.3 Å². The van der Waals surface area contributed by atoms with Crippen LogP contribution in [0.3, 0.4) is 0 Å². The Morgan fingerprint density at radius 1 is 1.33 bits per heavy atom. The molecule has 2 heterocycles. The molecule has 0 aliphatic heterocycles. The molecule has 2 aromatic heterocycles. The third-order valence-corrected chi connectivity index (χ3v) is 5.63. The summed E-state index contributed by atoms with van der Waals surface area (Å²) in [5.74, 6) is -0.838. The largest absolute Gasteiger partial charge is 0.406 e. The first-order chi connectivity index (χ1) is 15.6. The zero-order valence-corrected chi connectivity index (χ0v) is 17.4. The number of nitro groups is 1. The summed E-state index contributed by atoms with van der Waals surface area (Å²) >= 11 is 0. The number of aromatic nitrogens is 4. The Bertz CT molecular complexity index is 1280. The second-order valence-electron chi connectivity index (χ2n) is 7.93. The van der Waals surface area contributed by atoms with E-state index in [1.165, 1.54) is 18.2 Å². The molecule has 1 aliphatic carbocycles. The molecule has 33 heavy (non-hydrogen) atoms. The minimum atomic E-state index is -4.57. The monoisotopic (exact) mass is 464 g/mol. The van der Waals surface area contributed by atoms with Crippen LogP contribution in [0.15, 0.2) is 41.6 Å². The minimum absolute atomic E-state index is 0.00789. The highest BCUT2D eigenvalue weighted by Gasteiger charge is 2.40. The van der Waals surface area contributed by atoms with Crippen LogP contribution in [0.25, 0.3) is 16.7 Å². The summed E-state index contributed by atoms with van der Waals surface area (Å²) in [6.45, 7) is -0.447. The third kappa shape index (κ3) is 4.56. The lowest BCUT2D eigenvalue weighted by Gasteiger charge is -2.30. The molecule has 3 aromatic rings. The first-order valence-corrected chi connectivity index (χ1v) is 10.1. The molecule has 0 bridgehead atoms. The van der Waals surface area contributed by atoms with Gasteiger partial charge in [0.2, 0.25) is 5.91 Å². The van der Waals surface area contributed by atoms with Crippen molar-refractivity contribution in [3.8, 4) is 5.69 Å². The van der Waals surface area contributed by atoms with Gasteiger partial charge >= 0.3 is 6.18 Å². The number of alkyl halides is 3. The fourth-order valence-electron chi connectivity index (χ4n) is 3.76. The van der Waals surface area contributed by atoms with E-state index in [1.54, 1.807) is 13.0 Å². The Labute approximate surface area is 184 Å². The number of para-hydroxylation sites is 2. The molecule has 1 aromatic carbocycles. The van der Waals surface area contributed by atoms with E-state index in [9.17, 15) is 32.9 Å². The second-order valence-corrected chi connectivity index (χ2v) is 7.93. The van der Waals surface area contributed by atoms with Gasteiger partial charge in [-0.1, -0.05) is 12.1 Å². The van der Waals surface area contributed by atoms with Crippen molar-refractivity contribution in [2.75, 3.05) is 6.54 Å². The van der Waals surface area contributed by atoms with E-state index >= 15 is 0 Å². The smallest absolute Gasteiger partial charge is 0.329 e. The lowest BCUT2D eigenvalue weighted by Crippen LogP contribution is -2.47. The van der Waals surface area contributed by atoms with Crippen molar-refractivity contribution < 1.29 is 22.9 Å². The lowest BCUT2D eigenvalue weighted by atomic mass is 10.1. The molecule has 1 fully saturated rings. The van der Waals surface area contributed by atoms with Crippen molar-refractivity contribution in [3.63, 3.8) is 0 Å². The Morgan fingerprint density at radius 2 is 2.03 bits per heavy atom. The van der Waals surface area contributed by atoms with Crippen LogP contribution in [0.5, 0.6) is 0 Å². The predicted molar refractivity (Wildman–Crippen MR) is 110 cm³/mol. The summed E-state index contributed by atoms with van der Waals surface area (Å²) in [6.07, 6.45) is -0.884. The minimum Gasteiger partial charge on any atom is -0.329 e. The normalized spacial score (nSPS) is 14.9. The van der Waals surface area contributed by atoms with Crippen LogP contribution >= 0.6 is 0 Å². The summed E-state index contributed by atoms with van der Waals surface area (Å²) in [4.78, 5) is 41.2. The number of nitrogens with zero attached hydrogens (tertiary/aromatic N) is 6. The molecule has 1 amide bonds. The van der Waals surface area contributed by atoms with Gasteiger partial charge < -0.3 is 4.90 Å². The second kappa shape index (κ2) is 8.30. The zero-order valence-electron chi connectivity index (χ0n) is 17.4. The summed E-state index contributed by atoms with van der Waals surface area (Å²) in [5.41, 5.74) is -0.825. The molecule has 4 rings (SSSR count).